The van der Waals surface area contributed by atoms with Gasteiger partial charge in [0, 0.05) is 12.8 Å². The maximum Gasteiger partial charge on any atom is 0.137 e. The lowest BCUT2D eigenvalue weighted by atomic mass is 9.82. The molecule has 0 bridgehead atoms. The van der Waals surface area contributed by atoms with E-state index in [1.54, 1.807) is 6.07 Å². The van der Waals surface area contributed by atoms with Crippen LogP contribution in [0.5, 0.6) is 0 Å². The fourth-order valence-corrected chi connectivity index (χ4v) is 2.79. The summed E-state index contributed by atoms with van der Waals surface area (Å²) in [6.07, 6.45) is 2.96. The van der Waals surface area contributed by atoms with Crippen LogP contribution in [0.3, 0.4) is 0 Å². The molecule has 0 spiro atoms. The highest BCUT2D eigenvalue weighted by Gasteiger charge is 2.34. The number of carbonyl (C=O) groups excluding carboxylic acids is 1. The van der Waals surface area contributed by atoms with Gasteiger partial charge in [0.2, 0.25) is 0 Å². The molecule has 86 valence electrons. The minimum absolute atomic E-state index is 0.00734. The Balaban J connectivity index is 2.21. The highest BCUT2D eigenvalue weighted by molar-refractivity contribution is 9.10. The lowest BCUT2D eigenvalue weighted by Gasteiger charge is -2.23. The van der Waals surface area contributed by atoms with Crippen molar-refractivity contribution in [2.24, 2.45) is 5.41 Å². The number of Topliss-reactive ketones (excluding diaryl/α,β-unsaturated/α-hetero) is 1. The number of ketones is 1. The molecule has 1 saturated carbocycles. The first-order valence-corrected chi connectivity index (χ1v) is 6.24. The normalized spacial score (nSPS) is 25.1. The van der Waals surface area contributed by atoms with Gasteiger partial charge >= 0.3 is 0 Å². The topological polar surface area (TPSA) is 17.1 Å². The minimum atomic E-state index is -0.231. The smallest absolute Gasteiger partial charge is 0.137 e. The molecular formula is C13H14BrFO. The molecule has 2 rings (SSSR count). The molecule has 1 atom stereocenters. The van der Waals surface area contributed by atoms with E-state index in [1.807, 2.05) is 6.07 Å². The zero-order valence-corrected chi connectivity index (χ0v) is 10.8. The predicted molar refractivity (Wildman–Crippen MR) is 64.8 cm³/mol. The molecule has 0 radical (unpaired) electrons. The van der Waals surface area contributed by atoms with Crippen LogP contribution in [-0.2, 0) is 11.2 Å². The molecule has 0 heterocycles. The molecular weight excluding hydrogens is 271 g/mol. The molecule has 0 saturated heterocycles. The quantitative estimate of drug-likeness (QED) is 0.805. The number of rotatable bonds is 2. The van der Waals surface area contributed by atoms with Gasteiger partial charge in [-0.2, -0.15) is 0 Å². The third-order valence-electron chi connectivity index (χ3n) is 3.28. The first-order chi connectivity index (χ1) is 7.50. The molecule has 0 aromatic heterocycles. The van der Waals surface area contributed by atoms with E-state index in [9.17, 15) is 9.18 Å². The van der Waals surface area contributed by atoms with Crippen LogP contribution in [0.1, 0.15) is 31.7 Å². The van der Waals surface area contributed by atoms with E-state index in [2.05, 4.69) is 22.9 Å². The second kappa shape index (κ2) is 4.28. The summed E-state index contributed by atoms with van der Waals surface area (Å²) in [5.41, 5.74) is 0.963. The molecule has 1 nitrogen and oxygen atoms in total. The van der Waals surface area contributed by atoms with E-state index in [1.165, 1.54) is 6.07 Å². The minimum Gasteiger partial charge on any atom is -0.300 e. The summed E-state index contributed by atoms with van der Waals surface area (Å²) in [6, 6.07) is 5.08. The molecule has 1 aliphatic rings. The van der Waals surface area contributed by atoms with E-state index in [0.29, 0.717) is 23.1 Å². The molecule has 16 heavy (non-hydrogen) atoms. The van der Waals surface area contributed by atoms with Crippen molar-refractivity contribution in [1.82, 2.24) is 0 Å². The molecule has 1 aromatic rings. The Morgan fingerprint density at radius 1 is 1.50 bits per heavy atom. The molecule has 1 fully saturated rings. The molecule has 1 aliphatic carbocycles. The third kappa shape index (κ3) is 2.34. The van der Waals surface area contributed by atoms with Gasteiger partial charge in [0.15, 0.2) is 0 Å². The fraction of sp³-hybridized carbons (Fsp3) is 0.462. The standard InChI is InChI=1S/C13H14BrFO/c1-13(6-5-10(16)8-13)7-9-3-2-4-11(15)12(9)14/h2-4H,5-8H2,1H3. The number of hydrogen-bond donors (Lipinski definition) is 0. The SMILES string of the molecule is CC1(Cc2cccc(F)c2Br)CCC(=O)C1. The summed E-state index contributed by atoms with van der Waals surface area (Å²) in [4.78, 5) is 11.3. The van der Waals surface area contributed by atoms with Crippen LogP contribution >= 0.6 is 15.9 Å². The van der Waals surface area contributed by atoms with Crippen LogP contribution in [0.4, 0.5) is 4.39 Å². The van der Waals surface area contributed by atoms with Gasteiger partial charge in [-0.25, -0.2) is 4.39 Å². The zero-order valence-electron chi connectivity index (χ0n) is 9.22. The molecule has 1 unspecified atom stereocenters. The van der Waals surface area contributed by atoms with Gasteiger partial charge in [0.05, 0.1) is 4.47 Å². The van der Waals surface area contributed by atoms with Crippen molar-refractivity contribution in [3.63, 3.8) is 0 Å². The Bertz CT molecular complexity index is 430. The van der Waals surface area contributed by atoms with Gasteiger partial charge in [-0.1, -0.05) is 19.1 Å². The van der Waals surface area contributed by atoms with Crippen molar-refractivity contribution in [3.8, 4) is 0 Å². The Hall–Kier alpha value is -0.700. The second-order valence-corrected chi connectivity index (χ2v) is 5.71. The average molecular weight is 285 g/mol. The van der Waals surface area contributed by atoms with E-state index < -0.39 is 0 Å². The zero-order chi connectivity index (χ0) is 11.8. The largest absolute Gasteiger partial charge is 0.300 e. The van der Waals surface area contributed by atoms with E-state index in [-0.39, 0.29) is 11.2 Å². The number of carbonyl (C=O) groups is 1. The molecule has 0 N–H and O–H groups in total. The van der Waals surface area contributed by atoms with E-state index >= 15 is 0 Å². The van der Waals surface area contributed by atoms with Crippen molar-refractivity contribution in [3.05, 3.63) is 34.1 Å². The number of benzene rings is 1. The van der Waals surface area contributed by atoms with E-state index in [0.717, 1.165) is 18.4 Å². The van der Waals surface area contributed by atoms with Crippen molar-refractivity contribution in [1.29, 1.82) is 0 Å². The predicted octanol–water partition coefficient (Wildman–Crippen LogP) is 3.89. The highest BCUT2D eigenvalue weighted by Crippen LogP contribution is 2.40. The fourth-order valence-electron chi connectivity index (χ4n) is 2.39. The summed E-state index contributed by atoms with van der Waals surface area (Å²) >= 11 is 3.27. The van der Waals surface area contributed by atoms with Crippen LogP contribution < -0.4 is 0 Å². The lowest BCUT2D eigenvalue weighted by molar-refractivity contribution is -0.117. The van der Waals surface area contributed by atoms with E-state index in [4.69, 9.17) is 0 Å². The Kier molecular flexibility index (Phi) is 3.15. The summed E-state index contributed by atoms with van der Waals surface area (Å²) in [5.74, 6) is 0.0976. The first kappa shape index (κ1) is 11.8. The molecule has 3 heteroatoms. The average Bonchev–Trinajstić information content (AvgIpc) is 2.54. The van der Waals surface area contributed by atoms with Crippen LogP contribution in [0, 0.1) is 11.2 Å². The Labute approximate surface area is 103 Å². The summed E-state index contributed by atoms with van der Waals surface area (Å²) in [6.45, 7) is 2.11. The van der Waals surface area contributed by atoms with Gasteiger partial charge in [-0.15, -0.1) is 0 Å². The lowest BCUT2D eigenvalue weighted by Crippen LogP contribution is -2.16. The monoisotopic (exact) mass is 284 g/mol. The summed E-state index contributed by atoms with van der Waals surface area (Å²) in [7, 11) is 0. The van der Waals surface area contributed by atoms with Gasteiger partial charge in [0.25, 0.3) is 0 Å². The Morgan fingerprint density at radius 3 is 2.88 bits per heavy atom. The van der Waals surface area contributed by atoms with Gasteiger partial charge in [0.1, 0.15) is 11.6 Å². The first-order valence-electron chi connectivity index (χ1n) is 5.45. The van der Waals surface area contributed by atoms with Crippen molar-refractivity contribution in [2.45, 2.75) is 32.6 Å². The van der Waals surface area contributed by atoms with Gasteiger partial charge in [-0.3, -0.25) is 4.79 Å². The van der Waals surface area contributed by atoms with Gasteiger partial charge in [-0.05, 0) is 45.8 Å². The van der Waals surface area contributed by atoms with Crippen LogP contribution in [0.25, 0.3) is 0 Å². The summed E-state index contributed by atoms with van der Waals surface area (Å²) < 4.78 is 13.9. The third-order valence-corrected chi connectivity index (χ3v) is 4.17. The van der Waals surface area contributed by atoms with Crippen LogP contribution in [0.15, 0.2) is 22.7 Å². The van der Waals surface area contributed by atoms with Crippen molar-refractivity contribution in [2.75, 3.05) is 0 Å². The highest BCUT2D eigenvalue weighted by atomic mass is 79.9. The number of halogens is 2. The second-order valence-electron chi connectivity index (χ2n) is 4.92. The maximum absolute atomic E-state index is 13.3. The molecule has 1 aromatic carbocycles. The maximum atomic E-state index is 13.3. The summed E-state index contributed by atoms with van der Waals surface area (Å²) in [5, 5.41) is 0. The van der Waals surface area contributed by atoms with Crippen molar-refractivity contribution >= 4 is 21.7 Å². The van der Waals surface area contributed by atoms with Crippen LogP contribution in [-0.4, -0.2) is 5.78 Å². The van der Waals surface area contributed by atoms with Crippen LogP contribution in [0.2, 0.25) is 0 Å². The Morgan fingerprint density at radius 2 is 2.25 bits per heavy atom. The molecule has 0 aliphatic heterocycles. The number of hydrogen-bond acceptors (Lipinski definition) is 1. The van der Waals surface area contributed by atoms with Crippen molar-refractivity contribution < 1.29 is 9.18 Å². The molecule has 0 amide bonds. The van der Waals surface area contributed by atoms with Gasteiger partial charge < -0.3 is 0 Å².